The van der Waals surface area contributed by atoms with Crippen LogP contribution in [0.25, 0.3) is 0 Å². The molecule has 2 N–H and O–H groups in total. The first-order valence-corrected chi connectivity index (χ1v) is 7.78. The SMILES string of the molecule is CNC(CCOC1CCCCC1)(C(=O)O)c1ccccc1. The van der Waals surface area contributed by atoms with Crippen LogP contribution in [0.2, 0.25) is 0 Å². The predicted octanol–water partition coefficient (Wildman–Crippen LogP) is 2.93. The van der Waals surface area contributed by atoms with E-state index in [0.717, 1.165) is 18.4 Å². The summed E-state index contributed by atoms with van der Waals surface area (Å²) in [6.45, 7) is 0.465. The van der Waals surface area contributed by atoms with Gasteiger partial charge in [-0.2, -0.15) is 0 Å². The molecular weight excluding hydrogens is 266 g/mol. The Morgan fingerprint density at radius 3 is 2.52 bits per heavy atom. The van der Waals surface area contributed by atoms with Crippen LogP contribution in [0.4, 0.5) is 0 Å². The van der Waals surface area contributed by atoms with E-state index >= 15 is 0 Å². The minimum atomic E-state index is -1.07. The van der Waals surface area contributed by atoms with Crippen molar-refractivity contribution in [3.8, 4) is 0 Å². The van der Waals surface area contributed by atoms with Gasteiger partial charge in [0.2, 0.25) is 0 Å². The number of benzene rings is 1. The normalized spacial score (nSPS) is 19.1. The standard InChI is InChI=1S/C17H25NO3/c1-18-17(16(19)20,14-8-4-2-5-9-14)12-13-21-15-10-6-3-7-11-15/h2,4-5,8-9,15,18H,3,6-7,10-13H2,1H3,(H,19,20). The first-order valence-electron chi connectivity index (χ1n) is 7.78. The molecule has 1 aromatic carbocycles. The maximum absolute atomic E-state index is 11.8. The van der Waals surface area contributed by atoms with E-state index < -0.39 is 11.5 Å². The second-order valence-electron chi connectivity index (χ2n) is 5.71. The van der Waals surface area contributed by atoms with Crippen LogP contribution >= 0.6 is 0 Å². The van der Waals surface area contributed by atoms with Crippen molar-refractivity contribution < 1.29 is 14.6 Å². The highest BCUT2D eigenvalue weighted by atomic mass is 16.5. The van der Waals surface area contributed by atoms with E-state index in [0.29, 0.717) is 19.1 Å². The van der Waals surface area contributed by atoms with E-state index in [9.17, 15) is 9.90 Å². The van der Waals surface area contributed by atoms with Gasteiger partial charge < -0.3 is 15.2 Å². The molecule has 0 heterocycles. The molecule has 1 unspecified atom stereocenters. The van der Waals surface area contributed by atoms with Gasteiger partial charge in [-0.1, -0.05) is 49.6 Å². The fourth-order valence-corrected chi connectivity index (χ4v) is 3.08. The number of ether oxygens (including phenoxy) is 1. The summed E-state index contributed by atoms with van der Waals surface area (Å²) >= 11 is 0. The Balaban J connectivity index is 2.01. The molecule has 0 amide bonds. The van der Waals surface area contributed by atoms with Crippen LogP contribution in [0.15, 0.2) is 30.3 Å². The summed E-state index contributed by atoms with van der Waals surface area (Å²) in [4.78, 5) is 11.8. The molecule has 116 valence electrons. The zero-order valence-electron chi connectivity index (χ0n) is 12.7. The Morgan fingerprint density at radius 1 is 1.29 bits per heavy atom. The quantitative estimate of drug-likeness (QED) is 0.811. The first kappa shape index (κ1) is 16.0. The monoisotopic (exact) mass is 291 g/mol. The third kappa shape index (κ3) is 3.83. The summed E-state index contributed by atoms with van der Waals surface area (Å²) in [6.07, 6.45) is 6.67. The molecule has 0 bridgehead atoms. The lowest BCUT2D eigenvalue weighted by molar-refractivity contribution is -0.146. The molecule has 4 nitrogen and oxygen atoms in total. The van der Waals surface area contributed by atoms with Crippen LogP contribution in [0.3, 0.4) is 0 Å². The molecule has 4 heteroatoms. The Kier molecular flexibility index (Phi) is 5.76. The first-order chi connectivity index (χ1) is 10.2. The zero-order chi connectivity index (χ0) is 15.1. The molecule has 1 fully saturated rings. The van der Waals surface area contributed by atoms with Gasteiger partial charge in [-0.3, -0.25) is 0 Å². The summed E-state index contributed by atoms with van der Waals surface area (Å²) in [7, 11) is 1.70. The molecule has 0 aromatic heterocycles. The largest absolute Gasteiger partial charge is 0.480 e. The number of hydrogen-bond acceptors (Lipinski definition) is 3. The second kappa shape index (κ2) is 7.57. The highest BCUT2D eigenvalue weighted by Crippen LogP contribution is 2.27. The van der Waals surface area contributed by atoms with Gasteiger partial charge in [0.25, 0.3) is 0 Å². The number of nitrogens with one attached hydrogen (secondary N) is 1. The van der Waals surface area contributed by atoms with Crippen LogP contribution in [0, 0.1) is 0 Å². The number of likely N-dealkylation sites (N-methyl/N-ethyl adjacent to an activating group) is 1. The molecule has 1 aliphatic carbocycles. The summed E-state index contributed by atoms with van der Waals surface area (Å²) in [5, 5.41) is 12.7. The van der Waals surface area contributed by atoms with Gasteiger partial charge in [0.05, 0.1) is 6.10 Å². The molecule has 0 spiro atoms. The molecule has 2 rings (SSSR count). The van der Waals surface area contributed by atoms with Crippen LogP contribution in [-0.2, 0) is 15.1 Å². The predicted molar refractivity (Wildman–Crippen MR) is 82.3 cm³/mol. The number of aliphatic carboxylic acids is 1. The van der Waals surface area contributed by atoms with E-state index in [2.05, 4.69) is 5.32 Å². The lowest BCUT2D eigenvalue weighted by Crippen LogP contribution is -2.48. The average molecular weight is 291 g/mol. The van der Waals surface area contributed by atoms with Gasteiger partial charge in [0.1, 0.15) is 5.54 Å². The van der Waals surface area contributed by atoms with Crippen molar-refractivity contribution in [1.29, 1.82) is 0 Å². The molecule has 21 heavy (non-hydrogen) atoms. The molecule has 1 saturated carbocycles. The minimum Gasteiger partial charge on any atom is -0.480 e. The van der Waals surface area contributed by atoms with Crippen LogP contribution < -0.4 is 5.32 Å². The molecule has 1 atom stereocenters. The van der Waals surface area contributed by atoms with Crippen molar-refractivity contribution in [2.24, 2.45) is 0 Å². The van der Waals surface area contributed by atoms with Gasteiger partial charge in [0.15, 0.2) is 0 Å². The lowest BCUT2D eigenvalue weighted by atomic mass is 9.87. The van der Waals surface area contributed by atoms with Gasteiger partial charge in [0, 0.05) is 13.0 Å². The topological polar surface area (TPSA) is 58.6 Å². The molecule has 1 aromatic rings. The van der Waals surface area contributed by atoms with Crippen molar-refractivity contribution in [2.45, 2.75) is 50.2 Å². The summed E-state index contributed by atoms with van der Waals surface area (Å²) in [5.41, 5.74) is -0.303. The fraction of sp³-hybridized carbons (Fsp3) is 0.588. The van der Waals surface area contributed by atoms with E-state index in [1.54, 1.807) is 7.05 Å². The summed E-state index contributed by atoms with van der Waals surface area (Å²) in [6, 6.07) is 9.33. The highest BCUT2D eigenvalue weighted by Gasteiger charge is 2.38. The van der Waals surface area contributed by atoms with Crippen molar-refractivity contribution in [3.05, 3.63) is 35.9 Å². The van der Waals surface area contributed by atoms with Crippen LogP contribution in [-0.4, -0.2) is 30.8 Å². The molecule has 0 aliphatic heterocycles. The number of rotatable bonds is 7. The van der Waals surface area contributed by atoms with E-state index in [-0.39, 0.29) is 0 Å². The van der Waals surface area contributed by atoms with Crippen LogP contribution in [0.1, 0.15) is 44.1 Å². The number of hydrogen-bond donors (Lipinski definition) is 2. The Labute approximate surface area is 126 Å². The number of carboxylic acid groups (broad SMARTS) is 1. The van der Waals surface area contributed by atoms with Gasteiger partial charge in [-0.05, 0) is 25.5 Å². The fourth-order valence-electron chi connectivity index (χ4n) is 3.08. The lowest BCUT2D eigenvalue weighted by Gasteiger charge is -2.31. The molecular formula is C17H25NO3. The maximum Gasteiger partial charge on any atom is 0.328 e. The molecule has 0 radical (unpaired) electrons. The Hall–Kier alpha value is -1.39. The van der Waals surface area contributed by atoms with Crippen molar-refractivity contribution in [1.82, 2.24) is 5.32 Å². The number of carboxylic acids is 1. The third-order valence-electron chi connectivity index (χ3n) is 4.44. The Morgan fingerprint density at radius 2 is 1.95 bits per heavy atom. The van der Waals surface area contributed by atoms with Crippen molar-refractivity contribution in [2.75, 3.05) is 13.7 Å². The van der Waals surface area contributed by atoms with Gasteiger partial charge >= 0.3 is 5.97 Å². The molecule has 0 saturated heterocycles. The van der Waals surface area contributed by atoms with E-state index in [4.69, 9.17) is 4.74 Å². The minimum absolute atomic E-state index is 0.304. The van der Waals surface area contributed by atoms with E-state index in [1.165, 1.54) is 19.3 Å². The third-order valence-corrected chi connectivity index (χ3v) is 4.44. The number of carbonyl (C=O) groups is 1. The second-order valence-corrected chi connectivity index (χ2v) is 5.71. The van der Waals surface area contributed by atoms with Gasteiger partial charge in [-0.15, -0.1) is 0 Å². The van der Waals surface area contributed by atoms with Gasteiger partial charge in [-0.25, -0.2) is 4.79 Å². The summed E-state index contributed by atoms with van der Waals surface area (Å²) < 4.78 is 5.91. The molecule has 1 aliphatic rings. The van der Waals surface area contributed by atoms with Crippen LogP contribution in [0.5, 0.6) is 0 Å². The highest BCUT2D eigenvalue weighted by molar-refractivity contribution is 5.80. The van der Waals surface area contributed by atoms with E-state index in [1.807, 2.05) is 30.3 Å². The zero-order valence-corrected chi connectivity index (χ0v) is 12.7. The smallest absolute Gasteiger partial charge is 0.328 e. The van der Waals surface area contributed by atoms with Crippen molar-refractivity contribution in [3.63, 3.8) is 0 Å². The van der Waals surface area contributed by atoms with Crippen molar-refractivity contribution >= 4 is 5.97 Å². The Bertz CT molecular complexity index is 443. The summed E-state index contributed by atoms with van der Waals surface area (Å²) in [5.74, 6) is -0.858. The average Bonchev–Trinajstić information content (AvgIpc) is 2.53. The maximum atomic E-state index is 11.8.